The van der Waals surface area contributed by atoms with Crippen molar-refractivity contribution in [1.29, 1.82) is 0 Å². The standard InChI is InChI=1S/C44H33ClO/c45-40-23-30(28-12-14-36-35-9-3-4-11-41(35)46-42(36)24-28)22-39-43(40)37-21-29(34-10-5-7-27-6-1-2-8-33(27)34)13-15-38(37)44(39)31-17-25-16-26(19-31)20-32(44)18-25/h1-15,21-26,31-32H,16-20H2. The average Bonchev–Trinajstić information content (AvgIpc) is 3.60. The van der Waals surface area contributed by atoms with Crippen LogP contribution in [0.3, 0.4) is 0 Å². The first-order valence-corrected chi connectivity index (χ1v) is 17.4. The first-order valence-electron chi connectivity index (χ1n) is 17.0. The quantitative estimate of drug-likeness (QED) is 0.189. The van der Waals surface area contributed by atoms with E-state index in [9.17, 15) is 0 Å². The van der Waals surface area contributed by atoms with Crippen LogP contribution in [0.1, 0.15) is 43.2 Å². The van der Waals surface area contributed by atoms with E-state index in [4.69, 9.17) is 16.0 Å². The van der Waals surface area contributed by atoms with Crippen molar-refractivity contribution in [3.63, 3.8) is 0 Å². The molecule has 0 radical (unpaired) electrons. The molecular weight excluding hydrogens is 580 g/mol. The van der Waals surface area contributed by atoms with Crippen molar-refractivity contribution in [1.82, 2.24) is 0 Å². The molecule has 0 atom stereocenters. The highest BCUT2D eigenvalue weighted by atomic mass is 35.5. The molecule has 5 aliphatic carbocycles. The molecule has 6 aromatic carbocycles. The van der Waals surface area contributed by atoms with Crippen molar-refractivity contribution in [3.8, 4) is 33.4 Å². The normalized spacial score (nSPS) is 25.6. The maximum absolute atomic E-state index is 7.50. The number of hydrogen-bond acceptors (Lipinski definition) is 1. The molecule has 0 aliphatic heterocycles. The minimum atomic E-state index is 0.0402. The summed E-state index contributed by atoms with van der Waals surface area (Å²) in [5, 5.41) is 5.79. The number of fused-ring (bicyclic) bond motifs is 7. The topological polar surface area (TPSA) is 13.1 Å². The largest absolute Gasteiger partial charge is 0.456 e. The maximum atomic E-state index is 7.50. The van der Waals surface area contributed by atoms with Crippen LogP contribution < -0.4 is 0 Å². The molecule has 46 heavy (non-hydrogen) atoms. The van der Waals surface area contributed by atoms with Crippen LogP contribution in [0.15, 0.2) is 120 Å². The van der Waals surface area contributed by atoms with E-state index in [0.29, 0.717) is 11.8 Å². The first kappa shape index (κ1) is 25.8. The fourth-order valence-electron chi connectivity index (χ4n) is 11.0. The smallest absolute Gasteiger partial charge is 0.136 e. The lowest BCUT2D eigenvalue weighted by molar-refractivity contribution is -0.0399. The summed E-state index contributed by atoms with van der Waals surface area (Å²) in [6, 6.07) is 42.6. The summed E-state index contributed by atoms with van der Waals surface area (Å²) in [7, 11) is 0. The summed E-state index contributed by atoms with van der Waals surface area (Å²) in [5.41, 5.74) is 12.5. The van der Waals surface area contributed by atoms with Gasteiger partial charge in [0.25, 0.3) is 0 Å². The van der Waals surface area contributed by atoms with Crippen molar-refractivity contribution in [2.24, 2.45) is 23.7 Å². The lowest BCUT2D eigenvalue weighted by atomic mass is 9.43. The van der Waals surface area contributed by atoms with Crippen LogP contribution in [-0.2, 0) is 5.41 Å². The lowest BCUT2D eigenvalue weighted by Crippen LogP contribution is -2.55. The van der Waals surface area contributed by atoms with Crippen LogP contribution in [-0.4, -0.2) is 0 Å². The van der Waals surface area contributed by atoms with Crippen LogP contribution in [0, 0.1) is 23.7 Å². The Hall–Kier alpha value is -4.33. The molecule has 1 heterocycles. The molecular formula is C44H33ClO. The highest BCUT2D eigenvalue weighted by Crippen LogP contribution is 2.70. The molecule has 0 amide bonds. The Bertz CT molecular complexity index is 2380. The van der Waals surface area contributed by atoms with E-state index in [1.54, 1.807) is 0 Å². The predicted octanol–water partition coefficient (Wildman–Crippen LogP) is 12.4. The van der Waals surface area contributed by atoms with Crippen LogP contribution in [0.5, 0.6) is 0 Å². The Morgan fingerprint density at radius 1 is 0.522 bits per heavy atom. The van der Waals surface area contributed by atoms with Gasteiger partial charge in [0.2, 0.25) is 0 Å². The number of rotatable bonds is 2. The van der Waals surface area contributed by atoms with E-state index in [1.807, 2.05) is 6.07 Å². The van der Waals surface area contributed by atoms with Crippen LogP contribution in [0.25, 0.3) is 66.1 Å². The summed E-state index contributed by atoms with van der Waals surface area (Å²) in [4.78, 5) is 0. The van der Waals surface area contributed by atoms with Crippen LogP contribution in [0.4, 0.5) is 0 Å². The van der Waals surface area contributed by atoms with Gasteiger partial charge in [-0.15, -0.1) is 0 Å². The molecule has 12 rings (SSSR count). The van der Waals surface area contributed by atoms with Gasteiger partial charge in [-0.3, -0.25) is 0 Å². The summed E-state index contributed by atoms with van der Waals surface area (Å²) in [6.45, 7) is 0. The SMILES string of the molecule is Clc1cc(-c2ccc3c(c2)oc2ccccc23)cc2c1-c1cc(-c3cccc4ccccc34)ccc1C21C2CC3CC(C2)CC1C3. The minimum absolute atomic E-state index is 0.0402. The fourth-order valence-corrected chi connectivity index (χ4v) is 11.3. The number of para-hydroxylation sites is 1. The predicted molar refractivity (Wildman–Crippen MR) is 190 cm³/mol. The Labute approximate surface area is 273 Å². The first-order chi connectivity index (χ1) is 22.6. The molecule has 5 aliphatic rings. The second kappa shape index (κ2) is 9.14. The van der Waals surface area contributed by atoms with Gasteiger partial charge < -0.3 is 4.42 Å². The molecule has 4 fully saturated rings. The number of benzene rings is 6. The maximum Gasteiger partial charge on any atom is 0.136 e. The van der Waals surface area contributed by atoms with Crippen molar-refractivity contribution in [3.05, 3.63) is 131 Å². The molecule has 2 heteroatoms. The molecule has 1 aromatic heterocycles. The van der Waals surface area contributed by atoms with Gasteiger partial charge in [-0.2, -0.15) is 0 Å². The second-order valence-corrected chi connectivity index (χ2v) is 15.1. The fraction of sp³-hybridized carbons (Fsp3) is 0.227. The summed E-state index contributed by atoms with van der Waals surface area (Å²) >= 11 is 7.50. The van der Waals surface area contributed by atoms with E-state index < -0.39 is 0 Å². The summed E-state index contributed by atoms with van der Waals surface area (Å²) in [5.74, 6) is 3.14. The van der Waals surface area contributed by atoms with Crippen molar-refractivity contribution >= 4 is 44.3 Å². The third-order valence-electron chi connectivity index (χ3n) is 12.5. The lowest BCUT2D eigenvalue weighted by Gasteiger charge is -2.61. The zero-order chi connectivity index (χ0) is 30.1. The highest BCUT2D eigenvalue weighted by molar-refractivity contribution is 6.34. The van der Waals surface area contributed by atoms with Gasteiger partial charge in [0.05, 0.1) is 0 Å². The van der Waals surface area contributed by atoms with Gasteiger partial charge in [-0.25, -0.2) is 0 Å². The minimum Gasteiger partial charge on any atom is -0.456 e. The van der Waals surface area contributed by atoms with E-state index in [2.05, 4.69) is 109 Å². The summed E-state index contributed by atoms with van der Waals surface area (Å²) in [6.07, 6.45) is 6.85. The number of hydrogen-bond donors (Lipinski definition) is 0. The number of halogens is 1. The molecule has 4 bridgehead atoms. The Balaban J connectivity index is 1.14. The van der Waals surface area contributed by atoms with Gasteiger partial charge in [-0.1, -0.05) is 90.5 Å². The Kier molecular flexibility index (Phi) is 5.13. The third-order valence-corrected chi connectivity index (χ3v) is 12.8. The van der Waals surface area contributed by atoms with Crippen LogP contribution >= 0.6 is 11.6 Å². The molecule has 4 saturated carbocycles. The second-order valence-electron chi connectivity index (χ2n) is 14.7. The molecule has 1 spiro atoms. The molecule has 222 valence electrons. The monoisotopic (exact) mass is 612 g/mol. The van der Waals surface area contributed by atoms with E-state index in [-0.39, 0.29) is 5.41 Å². The Morgan fingerprint density at radius 2 is 1.24 bits per heavy atom. The van der Waals surface area contributed by atoms with E-state index >= 15 is 0 Å². The van der Waals surface area contributed by atoms with Gasteiger partial charge in [-0.05, 0) is 142 Å². The molecule has 0 saturated heterocycles. The highest BCUT2D eigenvalue weighted by Gasteiger charge is 2.61. The van der Waals surface area contributed by atoms with Crippen molar-refractivity contribution < 1.29 is 4.42 Å². The number of furan rings is 1. The van der Waals surface area contributed by atoms with Gasteiger partial charge >= 0.3 is 0 Å². The van der Waals surface area contributed by atoms with Gasteiger partial charge in [0, 0.05) is 26.8 Å². The van der Waals surface area contributed by atoms with E-state index in [0.717, 1.165) is 33.4 Å². The third kappa shape index (κ3) is 3.32. The zero-order valence-electron chi connectivity index (χ0n) is 25.6. The van der Waals surface area contributed by atoms with Gasteiger partial charge in [0.1, 0.15) is 11.2 Å². The molecule has 1 nitrogen and oxygen atoms in total. The van der Waals surface area contributed by atoms with Crippen LogP contribution in [0.2, 0.25) is 5.02 Å². The molecule has 7 aromatic rings. The Morgan fingerprint density at radius 3 is 2.09 bits per heavy atom. The van der Waals surface area contributed by atoms with Crippen molar-refractivity contribution in [2.45, 2.75) is 37.5 Å². The molecule has 0 unspecified atom stereocenters. The zero-order valence-corrected chi connectivity index (χ0v) is 26.4. The van der Waals surface area contributed by atoms with Gasteiger partial charge in [0.15, 0.2) is 0 Å². The average molecular weight is 613 g/mol. The van der Waals surface area contributed by atoms with Crippen molar-refractivity contribution in [2.75, 3.05) is 0 Å². The molecule has 0 N–H and O–H groups in total. The van der Waals surface area contributed by atoms with E-state index in [1.165, 1.54) is 92.8 Å². The summed E-state index contributed by atoms with van der Waals surface area (Å²) < 4.78 is 6.33.